The molecule has 1 aromatic carbocycles. The van der Waals surface area contributed by atoms with Crippen molar-refractivity contribution >= 4 is 39.9 Å². The monoisotopic (exact) mass is 322 g/mol. The average Bonchev–Trinajstić information content (AvgIpc) is 2.26. The second-order valence-corrected chi connectivity index (χ2v) is 4.11. The highest BCUT2D eigenvalue weighted by Gasteiger charge is 2.04. The molecule has 0 atom stereocenters. The third-order valence-electron chi connectivity index (χ3n) is 2.04. The Labute approximate surface area is 116 Å². The van der Waals surface area contributed by atoms with E-state index in [4.69, 9.17) is 4.74 Å². The van der Waals surface area contributed by atoms with E-state index in [9.17, 15) is 4.79 Å². The lowest BCUT2D eigenvalue weighted by Gasteiger charge is -2.08. The zero-order chi connectivity index (χ0) is 12.0. The Hall–Kier alpha value is -0.780. The number of ether oxygens (including phenoxy) is 1. The van der Waals surface area contributed by atoms with Crippen LogP contribution in [-0.4, -0.2) is 26.6 Å². The summed E-state index contributed by atoms with van der Waals surface area (Å²) in [5.41, 5.74) is 0.758. The van der Waals surface area contributed by atoms with Crippen LogP contribution in [0.2, 0.25) is 0 Å². The quantitative estimate of drug-likeness (QED) is 0.875. The van der Waals surface area contributed by atoms with Crippen LogP contribution in [0.1, 0.15) is 6.42 Å². The minimum atomic E-state index is -0.00795. The largest absolute Gasteiger partial charge is 0.496 e. The molecule has 1 aromatic rings. The Morgan fingerprint density at radius 2 is 2.18 bits per heavy atom. The highest BCUT2D eigenvalue weighted by Crippen LogP contribution is 2.27. The van der Waals surface area contributed by atoms with Crippen LogP contribution in [0.15, 0.2) is 22.7 Å². The first-order valence-corrected chi connectivity index (χ1v) is 5.74. The molecule has 6 heteroatoms. The maximum absolute atomic E-state index is 11.4. The summed E-state index contributed by atoms with van der Waals surface area (Å²) >= 11 is 3.36. The molecule has 1 amide bonds. The molecule has 96 valence electrons. The molecule has 0 saturated heterocycles. The molecule has 0 saturated carbocycles. The summed E-state index contributed by atoms with van der Waals surface area (Å²) in [6.07, 6.45) is 0.458. The van der Waals surface area contributed by atoms with Crippen LogP contribution in [0.3, 0.4) is 0 Å². The van der Waals surface area contributed by atoms with Gasteiger partial charge >= 0.3 is 0 Å². The predicted molar refractivity (Wildman–Crippen MR) is 75.1 cm³/mol. The van der Waals surface area contributed by atoms with Gasteiger partial charge in [-0.2, -0.15) is 0 Å². The average molecular weight is 324 g/mol. The van der Waals surface area contributed by atoms with Gasteiger partial charge in [0.1, 0.15) is 5.75 Å². The predicted octanol–water partition coefficient (Wildman–Crippen LogP) is 2.43. The molecule has 0 aliphatic rings. The Kier molecular flexibility index (Phi) is 7.95. The molecule has 0 heterocycles. The maximum Gasteiger partial charge on any atom is 0.225 e. The first kappa shape index (κ1) is 16.2. The van der Waals surface area contributed by atoms with Crippen molar-refractivity contribution in [3.63, 3.8) is 0 Å². The smallest absolute Gasteiger partial charge is 0.225 e. The fraction of sp³-hybridized carbons (Fsp3) is 0.364. The molecule has 0 aromatic heterocycles. The van der Waals surface area contributed by atoms with Gasteiger partial charge in [0.05, 0.1) is 11.6 Å². The van der Waals surface area contributed by atoms with E-state index in [1.165, 1.54) is 0 Å². The summed E-state index contributed by atoms with van der Waals surface area (Å²) in [4.78, 5) is 11.4. The van der Waals surface area contributed by atoms with Gasteiger partial charge < -0.3 is 15.4 Å². The molecule has 2 N–H and O–H groups in total. The van der Waals surface area contributed by atoms with E-state index in [-0.39, 0.29) is 18.3 Å². The van der Waals surface area contributed by atoms with Gasteiger partial charge in [-0.05, 0) is 41.2 Å². The molecule has 0 unspecified atom stereocenters. The van der Waals surface area contributed by atoms with Crippen molar-refractivity contribution in [2.75, 3.05) is 26.0 Å². The van der Waals surface area contributed by atoms with Crippen LogP contribution in [0, 0.1) is 0 Å². The van der Waals surface area contributed by atoms with Crippen molar-refractivity contribution < 1.29 is 9.53 Å². The van der Waals surface area contributed by atoms with E-state index in [0.717, 1.165) is 15.9 Å². The number of rotatable bonds is 5. The van der Waals surface area contributed by atoms with Gasteiger partial charge in [-0.1, -0.05) is 0 Å². The molecule has 0 fully saturated rings. The normalized spacial score (nSPS) is 9.35. The first-order chi connectivity index (χ1) is 7.67. The van der Waals surface area contributed by atoms with E-state index in [2.05, 4.69) is 26.6 Å². The van der Waals surface area contributed by atoms with Crippen molar-refractivity contribution in [2.45, 2.75) is 6.42 Å². The summed E-state index contributed by atoms with van der Waals surface area (Å²) in [6.45, 7) is 0.670. The third-order valence-corrected chi connectivity index (χ3v) is 2.66. The Morgan fingerprint density at radius 1 is 1.47 bits per heavy atom. The number of carbonyl (C=O) groups is 1. The van der Waals surface area contributed by atoms with Crippen LogP contribution >= 0.6 is 28.3 Å². The van der Waals surface area contributed by atoms with E-state index in [1.54, 1.807) is 19.2 Å². The first-order valence-electron chi connectivity index (χ1n) is 4.95. The topological polar surface area (TPSA) is 50.4 Å². The summed E-state index contributed by atoms with van der Waals surface area (Å²) in [5, 5.41) is 5.73. The molecule has 4 nitrogen and oxygen atoms in total. The summed E-state index contributed by atoms with van der Waals surface area (Å²) < 4.78 is 5.92. The summed E-state index contributed by atoms with van der Waals surface area (Å²) in [5.74, 6) is 0.736. The maximum atomic E-state index is 11.4. The summed E-state index contributed by atoms with van der Waals surface area (Å²) in [7, 11) is 3.42. The Morgan fingerprint density at radius 3 is 2.71 bits per heavy atom. The minimum Gasteiger partial charge on any atom is -0.496 e. The number of anilines is 1. The number of hydrogen-bond donors (Lipinski definition) is 2. The third kappa shape index (κ3) is 5.39. The standard InChI is InChI=1S/C11H15BrN2O2.ClH/c1-13-6-5-11(15)14-8-3-4-10(16-2)9(12)7-8;/h3-4,7,13H,5-6H2,1-2H3,(H,14,15);1H. The minimum absolute atomic E-state index is 0. The second kappa shape index (κ2) is 8.33. The van der Waals surface area contributed by atoms with Gasteiger partial charge in [0.2, 0.25) is 5.91 Å². The van der Waals surface area contributed by atoms with E-state index >= 15 is 0 Å². The van der Waals surface area contributed by atoms with Crippen LogP contribution in [0.5, 0.6) is 5.75 Å². The molecule has 0 aliphatic carbocycles. The lowest BCUT2D eigenvalue weighted by Crippen LogP contribution is -2.18. The van der Waals surface area contributed by atoms with E-state index in [1.807, 2.05) is 13.1 Å². The zero-order valence-electron chi connectivity index (χ0n) is 9.75. The molecule has 0 aliphatic heterocycles. The SMILES string of the molecule is CNCCC(=O)Nc1ccc(OC)c(Br)c1.Cl. The van der Waals surface area contributed by atoms with Crippen LogP contribution in [0.4, 0.5) is 5.69 Å². The van der Waals surface area contributed by atoms with Gasteiger partial charge in [-0.25, -0.2) is 0 Å². The second-order valence-electron chi connectivity index (χ2n) is 3.25. The molecule has 17 heavy (non-hydrogen) atoms. The van der Waals surface area contributed by atoms with Crippen molar-refractivity contribution in [2.24, 2.45) is 0 Å². The number of nitrogens with one attached hydrogen (secondary N) is 2. The number of benzene rings is 1. The Balaban J connectivity index is 0.00000256. The molecule has 1 rings (SSSR count). The Bertz CT molecular complexity index is 374. The van der Waals surface area contributed by atoms with Crippen molar-refractivity contribution in [1.29, 1.82) is 0 Å². The van der Waals surface area contributed by atoms with E-state index < -0.39 is 0 Å². The van der Waals surface area contributed by atoms with Gasteiger partial charge in [0.15, 0.2) is 0 Å². The fourth-order valence-corrected chi connectivity index (χ4v) is 1.75. The molecule has 0 spiro atoms. The number of amides is 1. The highest BCUT2D eigenvalue weighted by atomic mass is 79.9. The van der Waals surface area contributed by atoms with Crippen molar-refractivity contribution in [3.8, 4) is 5.75 Å². The van der Waals surface area contributed by atoms with Crippen molar-refractivity contribution in [3.05, 3.63) is 22.7 Å². The van der Waals surface area contributed by atoms with Crippen LogP contribution in [-0.2, 0) is 4.79 Å². The molecular formula is C11H16BrClN2O2. The molecule has 0 bridgehead atoms. The highest BCUT2D eigenvalue weighted by molar-refractivity contribution is 9.10. The van der Waals surface area contributed by atoms with E-state index in [0.29, 0.717) is 13.0 Å². The number of carbonyl (C=O) groups excluding carboxylic acids is 1. The van der Waals surface area contributed by atoms with Crippen LogP contribution in [0.25, 0.3) is 0 Å². The number of halogens is 2. The van der Waals surface area contributed by atoms with Gasteiger partial charge in [0.25, 0.3) is 0 Å². The van der Waals surface area contributed by atoms with Gasteiger partial charge in [0, 0.05) is 18.7 Å². The lowest BCUT2D eigenvalue weighted by molar-refractivity contribution is -0.116. The van der Waals surface area contributed by atoms with Gasteiger partial charge in [-0.15, -0.1) is 12.4 Å². The summed E-state index contributed by atoms with van der Waals surface area (Å²) in [6, 6.07) is 5.43. The lowest BCUT2D eigenvalue weighted by atomic mass is 10.3. The van der Waals surface area contributed by atoms with Crippen LogP contribution < -0.4 is 15.4 Å². The number of hydrogen-bond acceptors (Lipinski definition) is 3. The fourth-order valence-electron chi connectivity index (χ4n) is 1.21. The molecule has 0 radical (unpaired) electrons. The van der Waals surface area contributed by atoms with Crippen molar-refractivity contribution in [1.82, 2.24) is 5.32 Å². The van der Waals surface area contributed by atoms with Gasteiger partial charge in [-0.3, -0.25) is 4.79 Å². The zero-order valence-corrected chi connectivity index (χ0v) is 12.2. The number of methoxy groups -OCH3 is 1. The molecular weight excluding hydrogens is 307 g/mol.